The molecule has 0 radical (unpaired) electrons. The highest BCUT2D eigenvalue weighted by Crippen LogP contribution is 2.38. The van der Waals surface area contributed by atoms with E-state index in [1.54, 1.807) is 36.4 Å². The molecule has 0 unspecified atom stereocenters. The van der Waals surface area contributed by atoms with Crippen molar-refractivity contribution in [1.82, 2.24) is 14.9 Å². The standard InChI is InChI=1S/C19H17N5O5/c1-29-16(26)11-24-14-7-3-2-6-13(14)17(19(24)28)23-22-15(25)10-21-18(27)12-5-4-8-20-9-12/h2-9,28H,10-11H2,1H3,(H,21,27). The molecule has 0 spiro atoms. The molecule has 148 valence electrons. The fourth-order valence-corrected chi connectivity index (χ4v) is 2.62. The van der Waals surface area contributed by atoms with Crippen LogP contribution in [-0.4, -0.2) is 46.1 Å². The minimum absolute atomic E-state index is 0.0384. The number of aromatic nitrogens is 2. The van der Waals surface area contributed by atoms with E-state index < -0.39 is 17.8 Å². The first-order chi connectivity index (χ1) is 14.0. The number of carbonyl (C=O) groups excluding carboxylic acids is 3. The molecule has 3 rings (SSSR count). The molecule has 0 bridgehead atoms. The van der Waals surface area contributed by atoms with Crippen LogP contribution in [0.15, 0.2) is 59.0 Å². The van der Waals surface area contributed by atoms with E-state index in [9.17, 15) is 19.5 Å². The number of hydrogen-bond acceptors (Lipinski definition) is 7. The number of azo groups is 1. The number of esters is 1. The van der Waals surface area contributed by atoms with Gasteiger partial charge >= 0.3 is 5.97 Å². The normalized spacial score (nSPS) is 10.9. The van der Waals surface area contributed by atoms with Crippen molar-refractivity contribution in [1.29, 1.82) is 0 Å². The molecule has 3 aromatic rings. The molecule has 10 nitrogen and oxygen atoms in total. The van der Waals surface area contributed by atoms with Crippen molar-refractivity contribution in [2.45, 2.75) is 6.54 Å². The summed E-state index contributed by atoms with van der Waals surface area (Å²) in [5, 5.41) is 20.7. The van der Waals surface area contributed by atoms with Gasteiger partial charge in [0.15, 0.2) is 5.69 Å². The van der Waals surface area contributed by atoms with E-state index in [0.29, 0.717) is 16.5 Å². The molecule has 0 aliphatic rings. The molecule has 10 heteroatoms. The van der Waals surface area contributed by atoms with Gasteiger partial charge in [0.25, 0.3) is 11.8 Å². The third-order valence-corrected chi connectivity index (χ3v) is 4.02. The lowest BCUT2D eigenvalue weighted by Crippen LogP contribution is -2.28. The zero-order valence-corrected chi connectivity index (χ0v) is 15.4. The number of para-hydroxylation sites is 1. The molecule has 29 heavy (non-hydrogen) atoms. The fraction of sp³-hybridized carbons (Fsp3) is 0.158. The summed E-state index contributed by atoms with van der Waals surface area (Å²) in [7, 11) is 1.24. The molecule has 0 fully saturated rings. The monoisotopic (exact) mass is 395 g/mol. The number of methoxy groups -OCH3 is 1. The highest BCUT2D eigenvalue weighted by atomic mass is 16.5. The van der Waals surface area contributed by atoms with Gasteiger partial charge in [0.05, 0.1) is 18.2 Å². The number of pyridine rings is 1. The van der Waals surface area contributed by atoms with Crippen LogP contribution < -0.4 is 5.32 Å². The molecule has 2 amide bonds. The Bertz CT molecular complexity index is 1090. The highest BCUT2D eigenvalue weighted by molar-refractivity contribution is 5.97. The van der Waals surface area contributed by atoms with E-state index in [2.05, 4.69) is 25.3 Å². The van der Waals surface area contributed by atoms with Crippen molar-refractivity contribution in [3.63, 3.8) is 0 Å². The van der Waals surface area contributed by atoms with Gasteiger partial charge in [-0.05, 0) is 18.2 Å². The Morgan fingerprint density at radius 2 is 2.00 bits per heavy atom. The summed E-state index contributed by atoms with van der Waals surface area (Å²) in [6.45, 7) is -0.605. The van der Waals surface area contributed by atoms with Gasteiger partial charge in [-0.3, -0.25) is 23.9 Å². The molecule has 1 aromatic carbocycles. The van der Waals surface area contributed by atoms with Crippen molar-refractivity contribution in [3.8, 4) is 5.88 Å². The molecule has 2 N–H and O–H groups in total. The van der Waals surface area contributed by atoms with Crippen molar-refractivity contribution in [2.24, 2.45) is 10.2 Å². The van der Waals surface area contributed by atoms with Gasteiger partial charge < -0.3 is 15.2 Å². The SMILES string of the molecule is COC(=O)Cn1c(O)c(N=NC(=O)CNC(=O)c2cccnc2)c2ccccc21. The first-order valence-electron chi connectivity index (χ1n) is 8.51. The van der Waals surface area contributed by atoms with E-state index in [0.717, 1.165) is 0 Å². The Kier molecular flexibility index (Phi) is 5.93. The quantitative estimate of drug-likeness (QED) is 0.484. The number of amides is 2. The zero-order chi connectivity index (χ0) is 20.8. The van der Waals surface area contributed by atoms with Crippen LogP contribution in [0.1, 0.15) is 10.4 Å². The molecule has 0 aliphatic heterocycles. The first kappa shape index (κ1) is 19.7. The van der Waals surface area contributed by atoms with Gasteiger partial charge in [-0.15, -0.1) is 10.2 Å². The Balaban J connectivity index is 1.76. The average Bonchev–Trinajstić information content (AvgIpc) is 3.02. The minimum atomic E-state index is -0.716. The Labute approximate surface area is 164 Å². The Morgan fingerprint density at radius 3 is 2.72 bits per heavy atom. The highest BCUT2D eigenvalue weighted by Gasteiger charge is 2.19. The van der Waals surface area contributed by atoms with E-state index >= 15 is 0 Å². The van der Waals surface area contributed by atoms with Crippen LogP contribution in [0.2, 0.25) is 0 Å². The second-order valence-electron chi connectivity index (χ2n) is 5.87. The van der Waals surface area contributed by atoms with Gasteiger partial charge in [0.2, 0.25) is 5.88 Å². The Hall–Kier alpha value is -4.08. The molecular weight excluding hydrogens is 378 g/mol. The van der Waals surface area contributed by atoms with Crippen LogP contribution in [0.3, 0.4) is 0 Å². The molecule has 0 saturated carbocycles. The van der Waals surface area contributed by atoms with Gasteiger partial charge in [-0.1, -0.05) is 18.2 Å². The molecule has 0 saturated heterocycles. The lowest BCUT2D eigenvalue weighted by Gasteiger charge is -2.04. The summed E-state index contributed by atoms with van der Waals surface area (Å²) in [6.07, 6.45) is 2.90. The number of nitrogens with zero attached hydrogens (tertiary/aromatic N) is 4. The predicted molar refractivity (Wildman–Crippen MR) is 102 cm³/mol. The number of benzene rings is 1. The van der Waals surface area contributed by atoms with Crippen LogP contribution >= 0.6 is 0 Å². The van der Waals surface area contributed by atoms with Crippen LogP contribution in [0, 0.1) is 0 Å². The zero-order valence-electron chi connectivity index (χ0n) is 15.4. The molecule has 2 heterocycles. The third kappa shape index (κ3) is 4.43. The summed E-state index contributed by atoms with van der Waals surface area (Å²) < 4.78 is 5.94. The number of hydrogen-bond donors (Lipinski definition) is 2. The van der Waals surface area contributed by atoms with E-state index in [1.165, 1.54) is 24.1 Å². The molecule has 0 aliphatic carbocycles. The first-order valence-corrected chi connectivity index (χ1v) is 8.51. The van der Waals surface area contributed by atoms with Crippen molar-refractivity contribution < 1.29 is 24.2 Å². The molecule has 0 atom stereocenters. The molecule has 2 aromatic heterocycles. The van der Waals surface area contributed by atoms with Crippen molar-refractivity contribution >= 4 is 34.4 Å². The lowest BCUT2D eigenvalue weighted by molar-refractivity contribution is -0.141. The summed E-state index contributed by atoms with van der Waals surface area (Å²) in [5.41, 5.74) is 0.874. The number of aromatic hydroxyl groups is 1. The van der Waals surface area contributed by atoms with Crippen LogP contribution in [-0.2, 0) is 20.9 Å². The predicted octanol–water partition coefficient (Wildman–Crippen LogP) is 1.96. The topological polar surface area (TPSA) is 135 Å². The second kappa shape index (κ2) is 8.74. The second-order valence-corrected chi connectivity index (χ2v) is 5.87. The number of ether oxygens (including phenoxy) is 1. The van der Waals surface area contributed by atoms with Gasteiger partial charge in [0, 0.05) is 17.8 Å². The average molecular weight is 395 g/mol. The Morgan fingerprint density at radius 1 is 1.21 bits per heavy atom. The van der Waals surface area contributed by atoms with Gasteiger partial charge in [-0.25, -0.2) is 0 Å². The largest absolute Gasteiger partial charge is 0.493 e. The van der Waals surface area contributed by atoms with Crippen molar-refractivity contribution in [2.75, 3.05) is 13.7 Å². The maximum absolute atomic E-state index is 12.0. The number of rotatable bonds is 6. The van der Waals surface area contributed by atoms with E-state index in [1.807, 2.05) is 0 Å². The number of fused-ring (bicyclic) bond motifs is 1. The summed E-state index contributed by atoms with van der Waals surface area (Å²) in [5.74, 6) is -2.07. The van der Waals surface area contributed by atoms with E-state index in [4.69, 9.17) is 0 Å². The fourth-order valence-electron chi connectivity index (χ4n) is 2.62. The summed E-state index contributed by atoms with van der Waals surface area (Å²) >= 11 is 0. The van der Waals surface area contributed by atoms with E-state index in [-0.39, 0.29) is 24.7 Å². The number of carbonyl (C=O) groups is 3. The molecular formula is C19H17N5O5. The summed E-state index contributed by atoms with van der Waals surface area (Å²) in [6, 6.07) is 9.97. The van der Waals surface area contributed by atoms with Crippen molar-refractivity contribution in [3.05, 3.63) is 54.4 Å². The van der Waals surface area contributed by atoms with Crippen LogP contribution in [0.5, 0.6) is 5.88 Å². The summed E-state index contributed by atoms with van der Waals surface area (Å²) in [4.78, 5) is 39.3. The van der Waals surface area contributed by atoms with Crippen LogP contribution in [0.25, 0.3) is 10.9 Å². The maximum Gasteiger partial charge on any atom is 0.325 e. The minimum Gasteiger partial charge on any atom is -0.493 e. The third-order valence-electron chi connectivity index (χ3n) is 4.02. The van der Waals surface area contributed by atoms with Crippen LogP contribution in [0.4, 0.5) is 5.69 Å². The maximum atomic E-state index is 12.0. The lowest BCUT2D eigenvalue weighted by atomic mass is 10.2. The number of nitrogens with one attached hydrogen (secondary N) is 1. The smallest absolute Gasteiger partial charge is 0.325 e. The van der Waals surface area contributed by atoms with Gasteiger partial charge in [-0.2, -0.15) is 0 Å². The van der Waals surface area contributed by atoms with Gasteiger partial charge in [0.1, 0.15) is 13.1 Å².